The minimum atomic E-state index is -0.913. The Morgan fingerprint density at radius 2 is 1.89 bits per heavy atom. The number of ether oxygens (including phenoxy) is 1. The van der Waals surface area contributed by atoms with E-state index in [0.717, 1.165) is 24.0 Å². The molecule has 2 aromatic carbocycles. The fourth-order valence-corrected chi connectivity index (χ4v) is 3.56. The lowest BCUT2D eigenvalue weighted by molar-refractivity contribution is -0.134. The molecule has 0 saturated carbocycles. The van der Waals surface area contributed by atoms with Gasteiger partial charge in [-0.05, 0) is 61.4 Å². The molecule has 5 nitrogen and oxygen atoms in total. The third kappa shape index (κ3) is 4.88. The van der Waals surface area contributed by atoms with Crippen LogP contribution in [0.15, 0.2) is 42.5 Å². The summed E-state index contributed by atoms with van der Waals surface area (Å²) < 4.78 is 19.1. The molecule has 1 heterocycles. The molecule has 1 fully saturated rings. The van der Waals surface area contributed by atoms with Gasteiger partial charge in [0.05, 0.1) is 5.56 Å². The number of nitrogens with zero attached hydrogens (tertiary/aromatic N) is 1. The lowest BCUT2D eigenvalue weighted by atomic mass is 9.88. The summed E-state index contributed by atoms with van der Waals surface area (Å²) in [4.78, 5) is 25.5. The second kappa shape index (κ2) is 8.87. The van der Waals surface area contributed by atoms with Crippen molar-refractivity contribution in [1.82, 2.24) is 4.90 Å². The highest BCUT2D eigenvalue weighted by Gasteiger charge is 2.24. The molecule has 28 heavy (non-hydrogen) atoms. The van der Waals surface area contributed by atoms with Gasteiger partial charge in [-0.15, -0.1) is 0 Å². The van der Waals surface area contributed by atoms with Crippen molar-refractivity contribution < 1.29 is 23.8 Å². The molecule has 0 atom stereocenters. The number of halogens is 1. The average molecular weight is 385 g/mol. The van der Waals surface area contributed by atoms with Crippen LogP contribution in [0.25, 0.3) is 0 Å². The van der Waals surface area contributed by atoms with Crippen LogP contribution in [-0.2, 0) is 11.2 Å². The van der Waals surface area contributed by atoms with Crippen LogP contribution in [0.4, 0.5) is 4.39 Å². The van der Waals surface area contributed by atoms with E-state index in [2.05, 4.69) is 0 Å². The van der Waals surface area contributed by atoms with E-state index in [1.807, 2.05) is 19.1 Å². The number of piperidine rings is 1. The highest BCUT2D eigenvalue weighted by molar-refractivity contribution is 5.89. The van der Waals surface area contributed by atoms with Crippen LogP contribution < -0.4 is 4.74 Å². The summed E-state index contributed by atoms with van der Waals surface area (Å²) in [5.74, 6) is -1.13. The first kappa shape index (κ1) is 19.9. The monoisotopic (exact) mass is 385 g/mol. The maximum atomic E-state index is 13.7. The number of carbonyl (C=O) groups excluding carboxylic acids is 1. The number of carboxylic acids is 1. The second-order valence-electron chi connectivity index (χ2n) is 7.21. The van der Waals surface area contributed by atoms with Gasteiger partial charge in [0.2, 0.25) is 0 Å². The van der Waals surface area contributed by atoms with Gasteiger partial charge in [0, 0.05) is 13.1 Å². The first-order valence-electron chi connectivity index (χ1n) is 9.42. The maximum absolute atomic E-state index is 13.7. The Labute approximate surface area is 163 Å². The maximum Gasteiger partial charge on any atom is 0.335 e. The number of hydrogen-bond acceptors (Lipinski definition) is 3. The van der Waals surface area contributed by atoms with Crippen LogP contribution in [0.5, 0.6) is 5.75 Å². The van der Waals surface area contributed by atoms with E-state index in [9.17, 15) is 19.1 Å². The first-order chi connectivity index (χ1) is 13.4. The molecule has 148 valence electrons. The van der Waals surface area contributed by atoms with Crippen molar-refractivity contribution in [2.75, 3.05) is 19.7 Å². The highest BCUT2D eigenvalue weighted by Crippen LogP contribution is 2.24. The number of aromatic carboxylic acids is 1. The van der Waals surface area contributed by atoms with E-state index in [0.29, 0.717) is 31.0 Å². The minimum Gasteiger partial charge on any atom is -0.481 e. The van der Waals surface area contributed by atoms with Crippen molar-refractivity contribution in [3.63, 3.8) is 0 Å². The Balaban J connectivity index is 1.50. The van der Waals surface area contributed by atoms with Crippen LogP contribution in [0, 0.1) is 18.7 Å². The predicted molar refractivity (Wildman–Crippen MR) is 103 cm³/mol. The molecule has 1 saturated heterocycles. The fourth-order valence-electron chi connectivity index (χ4n) is 3.56. The Kier molecular flexibility index (Phi) is 6.29. The topological polar surface area (TPSA) is 66.8 Å². The first-order valence-corrected chi connectivity index (χ1v) is 9.42. The quantitative estimate of drug-likeness (QED) is 0.824. The average Bonchev–Trinajstić information content (AvgIpc) is 2.69. The van der Waals surface area contributed by atoms with E-state index in [1.165, 1.54) is 6.07 Å². The Morgan fingerprint density at radius 1 is 1.18 bits per heavy atom. The lowest BCUT2D eigenvalue weighted by Gasteiger charge is -2.32. The van der Waals surface area contributed by atoms with E-state index in [4.69, 9.17) is 4.74 Å². The molecule has 2 aromatic rings. The van der Waals surface area contributed by atoms with Gasteiger partial charge >= 0.3 is 5.97 Å². The highest BCUT2D eigenvalue weighted by atomic mass is 19.1. The molecule has 0 aromatic heterocycles. The number of benzene rings is 2. The summed E-state index contributed by atoms with van der Waals surface area (Å²) in [6.45, 7) is 2.84. The number of amides is 1. The van der Waals surface area contributed by atoms with Gasteiger partial charge in [-0.25, -0.2) is 9.18 Å². The van der Waals surface area contributed by atoms with Gasteiger partial charge in [-0.2, -0.15) is 0 Å². The molecule has 6 heteroatoms. The number of carbonyl (C=O) groups is 2. The van der Waals surface area contributed by atoms with Gasteiger partial charge < -0.3 is 14.7 Å². The van der Waals surface area contributed by atoms with Crippen molar-refractivity contribution in [3.05, 3.63) is 65.0 Å². The minimum absolute atomic E-state index is 0.0912. The molecule has 1 aliphatic heterocycles. The summed E-state index contributed by atoms with van der Waals surface area (Å²) in [5.41, 5.74) is 2.04. The molecule has 0 radical (unpaired) electrons. The van der Waals surface area contributed by atoms with Crippen molar-refractivity contribution in [1.29, 1.82) is 0 Å². The molecule has 1 amide bonds. The van der Waals surface area contributed by atoms with Gasteiger partial charge in [0.1, 0.15) is 0 Å². The van der Waals surface area contributed by atoms with Gasteiger partial charge in [0.15, 0.2) is 18.2 Å². The lowest BCUT2D eigenvalue weighted by Crippen LogP contribution is -2.41. The number of hydrogen-bond donors (Lipinski definition) is 1. The van der Waals surface area contributed by atoms with Crippen LogP contribution in [0.1, 0.15) is 34.3 Å². The van der Waals surface area contributed by atoms with Crippen molar-refractivity contribution in [2.24, 2.45) is 5.92 Å². The third-order valence-corrected chi connectivity index (χ3v) is 5.16. The summed E-state index contributed by atoms with van der Waals surface area (Å²) >= 11 is 0. The zero-order valence-electron chi connectivity index (χ0n) is 15.9. The van der Waals surface area contributed by atoms with Crippen molar-refractivity contribution in [3.8, 4) is 5.75 Å². The molecule has 1 N–H and O–H groups in total. The predicted octanol–water partition coefficient (Wildman–Crippen LogP) is 3.69. The summed E-state index contributed by atoms with van der Waals surface area (Å²) in [5, 5.41) is 9.31. The van der Waals surface area contributed by atoms with E-state index in [-0.39, 0.29) is 18.3 Å². The zero-order valence-corrected chi connectivity index (χ0v) is 15.9. The fraction of sp³-hybridized carbons (Fsp3) is 0.364. The Morgan fingerprint density at radius 3 is 2.61 bits per heavy atom. The molecule has 0 aliphatic carbocycles. The van der Waals surface area contributed by atoms with Gasteiger partial charge in [0.25, 0.3) is 5.91 Å². The Hall–Kier alpha value is -2.89. The van der Waals surface area contributed by atoms with Crippen LogP contribution in [-0.4, -0.2) is 41.6 Å². The molecule has 3 rings (SSSR count). The standard InChI is InChI=1S/C22H24FNO4/c1-15-6-7-19(23)20(12-15)28-14-21(25)24-10-8-16(9-11-24)13-17-4-2-3-5-18(17)22(26)27/h2-7,12,16H,8-11,13-14H2,1H3,(H,26,27). The molecular weight excluding hydrogens is 361 g/mol. The SMILES string of the molecule is Cc1ccc(F)c(OCC(=O)N2CCC(Cc3ccccc3C(=O)O)CC2)c1. The van der Waals surface area contributed by atoms with Gasteiger partial charge in [-0.3, -0.25) is 4.79 Å². The van der Waals surface area contributed by atoms with E-state index in [1.54, 1.807) is 29.2 Å². The zero-order chi connectivity index (χ0) is 20.1. The smallest absolute Gasteiger partial charge is 0.335 e. The third-order valence-electron chi connectivity index (χ3n) is 5.16. The van der Waals surface area contributed by atoms with Gasteiger partial charge in [-0.1, -0.05) is 24.3 Å². The van der Waals surface area contributed by atoms with E-state index < -0.39 is 11.8 Å². The largest absolute Gasteiger partial charge is 0.481 e. The van der Waals surface area contributed by atoms with Crippen molar-refractivity contribution in [2.45, 2.75) is 26.2 Å². The molecule has 0 bridgehead atoms. The van der Waals surface area contributed by atoms with Crippen LogP contribution in [0.2, 0.25) is 0 Å². The Bertz CT molecular complexity index is 859. The van der Waals surface area contributed by atoms with Crippen molar-refractivity contribution >= 4 is 11.9 Å². The molecule has 1 aliphatic rings. The number of likely N-dealkylation sites (tertiary alicyclic amines) is 1. The second-order valence-corrected chi connectivity index (χ2v) is 7.21. The summed E-state index contributed by atoms with van der Waals surface area (Å²) in [7, 11) is 0. The normalized spacial score (nSPS) is 14.7. The van der Waals surface area contributed by atoms with Crippen LogP contribution >= 0.6 is 0 Å². The molecular formula is C22H24FNO4. The molecule has 0 unspecified atom stereocenters. The summed E-state index contributed by atoms with van der Waals surface area (Å²) in [6, 6.07) is 11.6. The molecule has 0 spiro atoms. The number of aryl methyl sites for hydroxylation is 1. The van der Waals surface area contributed by atoms with E-state index >= 15 is 0 Å². The number of carboxylic acid groups (broad SMARTS) is 1. The summed E-state index contributed by atoms with van der Waals surface area (Å²) in [6.07, 6.45) is 2.30. The van der Waals surface area contributed by atoms with Crippen LogP contribution in [0.3, 0.4) is 0 Å². The number of rotatable bonds is 6.